The summed E-state index contributed by atoms with van der Waals surface area (Å²) in [4.78, 5) is 52.2. The zero-order valence-corrected chi connectivity index (χ0v) is 18.0. The molecule has 162 valence electrons. The van der Waals surface area contributed by atoms with Gasteiger partial charge in [0.1, 0.15) is 17.7 Å². The number of benzene rings is 1. The van der Waals surface area contributed by atoms with Gasteiger partial charge in [-0.15, -0.1) is 11.3 Å². The smallest absolute Gasteiger partial charge is 0.329 e. The zero-order valence-electron chi connectivity index (χ0n) is 16.4. The molecule has 0 fully saturated rings. The lowest BCUT2D eigenvalue weighted by Gasteiger charge is -2.20. The van der Waals surface area contributed by atoms with Crippen molar-refractivity contribution >= 4 is 45.5 Å². The maximum absolute atomic E-state index is 12.6. The number of esters is 1. The van der Waals surface area contributed by atoms with Crippen molar-refractivity contribution in [2.75, 3.05) is 0 Å². The van der Waals surface area contributed by atoms with Gasteiger partial charge in [-0.1, -0.05) is 25.4 Å². The summed E-state index contributed by atoms with van der Waals surface area (Å²) in [6.07, 6.45) is 1.59. The van der Waals surface area contributed by atoms with E-state index in [9.17, 15) is 24.5 Å². The number of nitrogens with zero attached hydrogens (tertiary/aromatic N) is 3. The molecule has 1 amide bonds. The maximum Gasteiger partial charge on any atom is 0.329 e. The zero-order chi connectivity index (χ0) is 22.7. The Morgan fingerprint density at radius 3 is 2.77 bits per heavy atom. The molecule has 0 aliphatic rings. The van der Waals surface area contributed by atoms with Gasteiger partial charge in [-0.25, -0.2) is 9.78 Å². The molecule has 0 aliphatic carbocycles. The molecule has 0 unspecified atom stereocenters. The van der Waals surface area contributed by atoms with Crippen molar-refractivity contribution in [1.29, 1.82) is 0 Å². The third-order valence-electron chi connectivity index (χ3n) is 4.33. The summed E-state index contributed by atoms with van der Waals surface area (Å²) in [5.74, 6) is -1.75. The van der Waals surface area contributed by atoms with E-state index in [1.807, 2.05) is 0 Å². The third-order valence-corrected chi connectivity index (χ3v) is 5.41. The van der Waals surface area contributed by atoms with Gasteiger partial charge in [0.25, 0.3) is 17.2 Å². The first-order chi connectivity index (χ1) is 14.7. The summed E-state index contributed by atoms with van der Waals surface area (Å²) < 4.78 is 6.63. The summed E-state index contributed by atoms with van der Waals surface area (Å²) >= 11 is 7.03. The third kappa shape index (κ3) is 5.06. The molecule has 3 aromatic rings. The van der Waals surface area contributed by atoms with Crippen LogP contribution in [-0.2, 0) is 16.1 Å². The molecule has 0 spiro atoms. The van der Waals surface area contributed by atoms with Crippen LogP contribution >= 0.6 is 22.9 Å². The number of thiazole rings is 1. The number of carbonyl (C=O) groups excluding carboxylic acids is 2. The monoisotopic (exact) mass is 464 g/mol. The molecule has 0 saturated heterocycles. The topological polar surface area (TPSA) is 133 Å². The van der Waals surface area contributed by atoms with Crippen LogP contribution in [0.25, 0.3) is 4.96 Å². The van der Waals surface area contributed by atoms with E-state index >= 15 is 0 Å². The van der Waals surface area contributed by atoms with Gasteiger partial charge in [0.2, 0.25) is 0 Å². The van der Waals surface area contributed by atoms with Crippen molar-refractivity contribution in [2.45, 2.75) is 26.5 Å². The van der Waals surface area contributed by atoms with E-state index in [1.54, 1.807) is 25.4 Å². The van der Waals surface area contributed by atoms with E-state index in [0.29, 0.717) is 4.96 Å². The molecule has 2 aromatic heterocycles. The fourth-order valence-corrected chi connectivity index (χ4v) is 3.64. The quantitative estimate of drug-likeness (QED) is 0.323. The molecule has 0 aliphatic heterocycles. The fourth-order valence-electron chi connectivity index (χ4n) is 2.71. The van der Waals surface area contributed by atoms with Crippen LogP contribution in [0.4, 0.5) is 5.69 Å². The molecule has 1 N–H and O–H groups in total. The highest BCUT2D eigenvalue weighted by Gasteiger charge is 2.27. The van der Waals surface area contributed by atoms with Crippen LogP contribution in [0.5, 0.6) is 0 Å². The summed E-state index contributed by atoms with van der Waals surface area (Å²) in [5, 5.41) is 15.2. The summed E-state index contributed by atoms with van der Waals surface area (Å²) in [6.45, 7) is 3.17. The van der Waals surface area contributed by atoms with E-state index in [2.05, 4.69) is 10.3 Å². The van der Waals surface area contributed by atoms with Gasteiger partial charge in [0, 0.05) is 29.3 Å². The number of aromatic nitrogens is 2. The SMILES string of the molecule is CC(C)[C@H](NC(=O)c1ccc(Cl)c([N+](=O)[O-])c1)C(=O)OCc1cc(=O)n2ccsc2n1. The Bertz CT molecular complexity index is 1220. The number of nitro benzene ring substituents is 1. The number of ether oxygens (including phenoxy) is 1. The van der Waals surface area contributed by atoms with Crippen LogP contribution in [0.2, 0.25) is 5.02 Å². The minimum absolute atomic E-state index is 0.0209. The molecule has 0 saturated carbocycles. The van der Waals surface area contributed by atoms with Crippen LogP contribution in [0.3, 0.4) is 0 Å². The average Bonchev–Trinajstić information content (AvgIpc) is 3.19. The highest BCUT2D eigenvalue weighted by molar-refractivity contribution is 7.15. The van der Waals surface area contributed by atoms with E-state index in [1.165, 1.54) is 33.9 Å². The van der Waals surface area contributed by atoms with E-state index in [0.717, 1.165) is 6.07 Å². The van der Waals surface area contributed by atoms with E-state index in [-0.39, 0.29) is 34.4 Å². The van der Waals surface area contributed by atoms with Crippen molar-refractivity contribution in [1.82, 2.24) is 14.7 Å². The van der Waals surface area contributed by atoms with Crippen LogP contribution < -0.4 is 10.9 Å². The fraction of sp³-hybridized carbons (Fsp3) is 0.263. The van der Waals surface area contributed by atoms with Crippen molar-refractivity contribution in [3.05, 3.63) is 72.6 Å². The first kappa shape index (κ1) is 22.4. The highest BCUT2D eigenvalue weighted by Crippen LogP contribution is 2.25. The lowest BCUT2D eigenvalue weighted by molar-refractivity contribution is -0.384. The Kier molecular flexibility index (Phi) is 6.66. The molecule has 3 rings (SSSR count). The second-order valence-electron chi connectivity index (χ2n) is 6.87. The minimum atomic E-state index is -1.02. The highest BCUT2D eigenvalue weighted by atomic mass is 35.5. The second kappa shape index (κ2) is 9.23. The first-order valence-corrected chi connectivity index (χ1v) is 10.3. The maximum atomic E-state index is 12.6. The molecule has 31 heavy (non-hydrogen) atoms. The van der Waals surface area contributed by atoms with Crippen LogP contribution in [0, 0.1) is 16.0 Å². The number of nitrogens with one attached hydrogen (secondary N) is 1. The Labute approximate surface area is 184 Å². The molecule has 1 aromatic carbocycles. The van der Waals surface area contributed by atoms with Crippen LogP contribution in [-0.4, -0.2) is 32.2 Å². The average molecular weight is 465 g/mol. The predicted molar refractivity (Wildman–Crippen MR) is 113 cm³/mol. The molecule has 2 heterocycles. The molecular weight excluding hydrogens is 448 g/mol. The lowest BCUT2D eigenvalue weighted by Crippen LogP contribution is -2.45. The predicted octanol–water partition coefficient (Wildman–Crippen LogP) is 2.82. The second-order valence-corrected chi connectivity index (χ2v) is 8.15. The van der Waals surface area contributed by atoms with Crippen molar-refractivity contribution < 1.29 is 19.2 Å². The van der Waals surface area contributed by atoms with Crippen molar-refractivity contribution in [3.63, 3.8) is 0 Å². The van der Waals surface area contributed by atoms with Gasteiger partial charge in [0.05, 0.1) is 10.6 Å². The number of halogens is 1. The van der Waals surface area contributed by atoms with Crippen LogP contribution in [0.1, 0.15) is 29.9 Å². The van der Waals surface area contributed by atoms with Gasteiger partial charge in [-0.2, -0.15) is 0 Å². The number of fused-ring (bicyclic) bond motifs is 1. The Morgan fingerprint density at radius 1 is 1.35 bits per heavy atom. The van der Waals surface area contributed by atoms with E-state index in [4.69, 9.17) is 16.3 Å². The van der Waals surface area contributed by atoms with Crippen molar-refractivity contribution in [3.8, 4) is 0 Å². The number of nitro groups is 1. The Hall–Kier alpha value is -3.31. The minimum Gasteiger partial charge on any atom is -0.458 e. The lowest BCUT2D eigenvalue weighted by atomic mass is 10.0. The number of amides is 1. The summed E-state index contributed by atoms with van der Waals surface area (Å²) in [7, 11) is 0. The standard InChI is InChI=1S/C19H17ClN4O6S/c1-10(2)16(22-17(26)11-3-4-13(20)14(7-11)24(28)29)18(27)30-9-12-8-15(25)23-5-6-31-19(23)21-12/h3-8,10,16H,9H2,1-2H3,(H,22,26)/t16-/m0/s1. The van der Waals surface area contributed by atoms with Gasteiger partial charge < -0.3 is 10.1 Å². The molecule has 0 radical (unpaired) electrons. The number of hydrogen-bond acceptors (Lipinski definition) is 8. The first-order valence-electron chi connectivity index (χ1n) is 9.04. The number of hydrogen-bond donors (Lipinski definition) is 1. The Morgan fingerprint density at radius 2 is 2.10 bits per heavy atom. The molecule has 1 atom stereocenters. The van der Waals surface area contributed by atoms with Crippen molar-refractivity contribution in [2.24, 2.45) is 5.92 Å². The van der Waals surface area contributed by atoms with Gasteiger partial charge >= 0.3 is 5.97 Å². The van der Waals surface area contributed by atoms with E-state index < -0.39 is 28.5 Å². The summed E-state index contributed by atoms with van der Waals surface area (Å²) in [6, 6.07) is 3.84. The van der Waals surface area contributed by atoms with Gasteiger partial charge in [-0.05, 0) is 18.1 Å². The molecule has 12 heteroatoms. The molecule has 0 bridgehead atoms. The number of carbonyl (C=O) groups is 2. The normalized spacial score (nSPS) is 12.0. The van der Waals surface area contributed by atoms with Crippen LogP contribution in [0.15, 0.2) is 40.6 Å². The summed E-state index contributed by atoms with van der Waals surface area (Å²) in [5.41, 5.74) is -0.454. The molecular formula is C19H17ClN4O6S. The molecule has 10 nitrogen and oxygen atoms in total. The Balaban J connectivity index is 1.71. The van der Waals surface area contributed by atoms with Gasteiger partial charge in [-0.3, -0.25) is 24.1 Å². The number of rotatable bonds is 7. The van der Waals surface area contributed by atoms with Gasteiger partial charge in [0.15, 0.2) is 4.96 Å². The largest absolute Gasteiger partial charge is 0.458 e.